The predicted octanol–water partition coefficient (Wildman–Crippen LogP) is 2.35. The molecule has 1 aromatic rings. The van der Waals surface area contributed by atoms with E-state index in [2.05, 4.69) is 25.3 Å². The number of hydrogen-bond donors (Lipinski definition) is 0. The van der Waals surface area contributed by atoms with Gasteiger partial charge in [0.05, 0.1) is 21.6 Å². The maximum atomic E-state index is 11.7. The van der Waals surface area contributed by atoms with E-state index in [-0.39, 0.29) is 0 Å². The van der Waals surface area contributed by atoms with Crippen molar-refractivity contribution in [1.82, 2.24) is 4.98 Å². The lowest BCUT2D eigenvalue weighted by molar-refractivity contribution is 0.663. The van der Waals surface area contributed by atoms with Crippen LogP contribution in [-0.2, 0) is 9.73 Å². The molecule has 3 nitrogen and oxygen atoms in total. The van der Waals surface area contributed by atoms with Crippen molar-refractivity contribution in [2.24, 2.45) is 4.36 Å². The molecule has 5 heteroatoms. The van der Waals surface area contributed by atoms with Crippen LogP contribution in [0, 0.1) is 0 Å². The van der Waals surface area contributed by atoms with E-state index in [1.54, 1.807) is 12.3 Å². The first-order valence-corrected chi connectivity index (χ1v) is 6.67. The molecule has 1 aliphatic rings. The Hall–Kier alpha value is -0.420. The molecule has 0 amide bonds. The molecule has 1 aliphatic heterocycles. The van der Waals surface area contributed by atoms with Gasteiger partial charge in [-0.05, 0) is 34.5 Å². The zero-order valence-corrected chi connectivity index (χ0v) is 9.34. The highest BCUT2D eigenvalue weighted by Gasteiger charge is 2.18. The Labute approximate surface area is 85.9 Å². The first kappa shape index (κ1) is 9.15. The van der Waals surface area contributed by atoms with Crippen LogP contribution in [-0.4, -0.2) is 20.7 Å². The molecule has 70 valence electrons. The van der Waals surface area contributed by atoms with Gasteiger partial charge in [-0.3, -0.25) is 0 Å². The second-order valence-corrected chi connectivity index (χ2v) is 6.32. The van der Waals surface area contributed by atoms with Crippen molar-refractivity contribution in [3.63, 3.8) is 0 Å². The van der Waals surface area contributed by atoms with Crippen LogP contribution in [0.5, 0.6) is 0 Å². The summed E-state index contributed by atoms with van der Waals surface area (Å²) in [5.74, 6) is 1.48. The third kappa shape index (κ3) is 2.08. The molecule has 0 spiro atoms. The molecule has 1 fully saturated rings. The van der Waals surface area contributed by atoms with E-state index < -0.39 is 9.73 Å². The van der Waals surface area contributed by atoms with E-state index in [1.165, 1.54) is 0 Å². The molecule has 1 saturated heterocycles. The fraction of sp³-hybridized carbons (Fsp3) is 0.375. The van der Waals surface area contributed by atoms with Gasteiger partial charge in [-0.25, -0.2) is 9.19 Å². The van der Waals surface area contributed by atoms with Crippen molar-refractivity contribution >= 4 is 31.3 Å². The lowest BCUT2D eigenvalue weighted by atomic mass is 10.4. The lowest BCUT2D eigenvalue weighted by Crippen LogP contribution is -2.22. The molecule has 0 atom stereocenters. The van der Waals surface area contributed by atoms with Crippen LogP contribution in [0.4, 0.5) is 5.69 Å². The Bertz CT molecular complexity index is 410. The van der Waals surface area contributed by atoms with Gasteiger partial charge in [0.25, 0.3) is 0 Å². The molecule has 0 N–H and O–H groups in total. The Balaban J connectivity index is 2.32. The molecule has 2 heterocycles. The van der Waals surface area contributed by atoms with Gasteiger partial charge >= 0.3 is 0 Å². The van der Waals surface area contributed by atoms with E-state index in [4.69, 9.17) is 0 Å². The zero-order valence-electron chi connectivity index (χ0n) is 6.94. The molecule has 0 unspecified atom stereocenters. The minimum Gasteiger partial charge on any atom is -0.249 e. The minimum atomic E-state index is -1.89. The molecule has 0 aliphatic carbocycles. The second-order valence-electron chi connectivity index (χ2n) is 2.96. The number of rotatable bonds is 1. The van der Waals surface area contributed by atoms with Gasteiger partial charge < -0.3 is 0 Å². The SMILES string of the molecule is O=S1(=Nc2ccc(Br)nc2)CCC1. The molecule has 0 radical (unpaired) electrons. The average molecular weight is 261 g/mol. The van der Waals surface area contributed by atoms with Gasteiger partial charge in [0.1, 0.15) is 4.60 Å². The standard InChI is InChI=1S/C8H9BrN2OS/c9-8-3-2-7(6-10-8)11-13(12)4-1-5-13/h2-3,6H,1,4-5H2. The highest BCUT2D eigenvalue weighted by atomic mass is 79.9. The van der Waals surface area contributed by atoms with Crippen molar-refractivity contribution in [2.45, 2.75) is 6.42 Å². The fourth-order valence-corrected chi connectivity index (χ4v) is 2.79. The van der Waals surface area contributed by atoms with E-state index in [1.807, 2.05) is 6.07 Å². The summed E-state index contributed by atoms with van der Waals surface area (Å²) in [7, 11) is -1.89. The number of nitrogens with zero attached hydrogens (tertiary/aromatic N) is 2. The maximum Gasteiger partial charge on any atom is 0.106 e. The lowest BCUT2D eigenvalue weighted by Gasteiger charge is -2.17. The number of pyridine rings is 1. The Morgan fingerprint density at radius 3 is 2.69 bits per heavy atom. The van der Waals surface area contributed by atoms with Crippen LogP contribution in [0.1, 0.15) is 6.42 Å². The largest absolute Gasteiger partial charge is 0.249 e. The molecule has 0 saturated carbocycles. The normalized spacial score (nSPS) is 19.2. The summed E-state index contributed by atoms with van der Waals surface area (Å²) in [5, 5.41) is 0. The molecule has 13 heavy (non-hydrogen) atoms. The summed E-state index contributed by atoms with van der Waals surface area (Å²) in [4.78, 5) is 4.02. The van der Waals surface area contributed by atoms with Crippen LogP contribution in [0.3, 0.4) is 0 Å². The van der Waals surface area contributed by atoms with E-state index >= 15 is 0 Å². The Morgan fingerprint density at radius 1 is 1.46 bits per heavy atom. The highest BCUT2D eigenvalue weighted by Crippen LogP contribution is 2.21. The topological polar surface area (TPSA) is 42.3 Å². The summed E-state index contributed by atoms with van der Waals surface area (Å²) in [5.41, 5.74) is 0.716. The van der Waals surface area contributed by atoms with E-state index in [0.29, 0.717) is 5.69 Å². The summed E-state index contributed by atoms with van der Waals surface area (Å²) in [6, 6.07) is 3.63. The van der Waals surface area contributed by atoms with Gasteiger partial charge in [0.15, 0.2) is 0 Å². The highest BCUT2D eigenvalue weighted by molar-refractivity contribution is 9.10. The zero-order chi connectivity index (χ0) is 9.31. The number of halogens is 1. The van der Waals surface area contributed by atoms with Gasteiger partial charge in [-0.15, -0.1) is 0 Å². The summed E-state index contributed by atoms with van der Waals surface area (Å²) in [6.45, 7) is 0. The van der Waals surface area contributed by atoms with Gasteiger partial charge in [0, 0.05) is 11.5 Å². The van der Waals surface area contributed by atoms with Crippen LogP contribution in [0.15, 0.2) is 27.3 Å². The minimum absolute atomic E-state index is 0.716. The number of hydrogen-bond acceptors (Lipinski definition) is 3. The van der Waals surface area contributed by atoms with Crippen molar-refractivity contribution in [3.05, 3.63) is 22.9 Å². The molecular formula is C8H9BrN2OS. The monoisotopic (exact) mass is 260 g/mol. The maximum absolute atomic E-state index is 11.7. The molecule has 0 aromatic carbocycles. The van der Waals surface area contributed by atoms with Gasteiger partial charge in [0.2, 0.25) is 0 Å². The second kappa shape index (κ2) is 3.38. The summed E-state index contributed by atoms with van der Waals surface area (Å²) >= 11 is 3.23. The van der Waals surface area contributed by atoms with Crippen molar-refractivity contribution in [1.29, 1.82) is 0 Å². The van der Waals surface area contributed by atoms with Crippen molar-refractivity contribution in [3.8, 4) is 0 Å². The Morgan fingerprint density at radius 2 is 2.23 bits per heavy atom. The molecule has 2 rings (SSSR count). The average Bonchev–Trinajstić information content (AvgIpc) is 2.06. The van der Waals surface area contributed by atoms with Crippen molar-refractivity contribution in [2.75, 3.05) is 11.5 Å². The van der Waals surface area contributed by atoms with Crippen LogP contribution in [0.2, 0.25) is 0 Å². The van der Waals surface area contributed by atoms with Crippen LogP contribution >= 0.6 is 15.9 Å². The first-order valence-electron chi connectivity index (χ1n) is 4.02. The van der Waals surface area contributed by atoms with Gasteiger partial charge in [-0.2, -0.15) is 4.36 Å². The molecule has 1 aromatic heterocycles. The van der Waals surface area contributed by atoms with Crippen LogP contribution in [0.25, 0.3) is 0 Å². The van der Waals surface area contributed by atoms with Gasteiger partial charge in [-0.1, -0.05) is 0 Å². The predicted molar refractivity (Wildman–Crippen MR) is 56.5 cm³/mol. The summed E-state index contributed by atoms with van der Waals surface area (Å²) < 4.78 is 16.6. The smallest absolute Gasteiger partial charge is 0.106 e. The fourth-order valence-electron chi connectivity index (χ4n) is 1.10. The van der Waals surface area contributed by atoms with Crippen molar-refractivity contribution < 1.29 is 4.21 Å². The molecule has 0 bridgehead atoms. The van der Waals surface area contributed by atoms with E-state index in [0.717, 1.165) is 22.5 Å². The third-order valence-electron chi connectivity index (χ3n) is 1.91. The number of aromatic nitrogens is 1. The quantitative estimate of drug-likeness (QED) is 0.728. The molecular weight excluding hydrogens is 252 g/mol. The first-order chi connectivity index (χ1) is 6.18. The van der Waals surface area contributed by atoms with Crippen LogP contribution < -0.4 is 0 Å². The Kier molecular flexibility index (Phi) is 2.38. The summed E-state index contributed by atoms with van der Waals surface area (Å²) in [6.07, 6.45) is 2.67. The third-order valence-corrected chi connectivity index (χ3v) is 4.78. The van der Waals surface area contributed by atoms with E-state index in [9.17, 15) is 4.21 Å².